The van der Waals surface area contributed by atoms with Gasteiger partial charge in [-0.3, -0.25) is 9.59 Å². The Kier molecular flexibility index (Phi) is 5.77. The van der Waals surface area contributed by atoms with Gasteiger partial charge in [-0.15, -0.1) is 0 Å². The van der Waals surface area contributed by atoms with Gasteiger partial charge in [0.05, 0.1) is 12.8 Å². The summed E-state index contributed by atoms with van der Waals surface area (Å²) in [6, 6.07) is 0. The van der Waals surface area contributed by atoms with Crippen molar-refractivity contribution >= 4 is 22.0 Å². The van der Waals surface area contributed by atoms with Gasteiger partial charge in [0.1, 0.15) is 0 Å². The normalized spacial score (nSPS) is 11.7. The van der Waals surface area contributed by atoms with Crippen molar-refractivity contribution in [2.24, 2.45) is 0 Å². The first kappa shape index (κ1) is 13.8. The molecular weight excluding hydrogens is 216 g/mol. The van der Waals surface area contributed by atoms with Crippen LogP contribution in [0.2, 0.25) is 0 Å². The highest BCUT2D eigenvalue weighted by Gasteiger charge is 2.19. The smallest absolute Gasteiger partial charge is 0.304 e. The van der Waals surface area contributed by atoms with E-state index in [1.165, 1.54) is 0 Å². The first-order chi connectivity index (χ1) is 6.95. The molecule has 0 fully saturated rings. The largest absolute Gasteiger partial charge is 0.481 e. The van der Waals surface area contributed by atoms with E-state index in [9.17, 15) is 9.59 Å². The lowest BCUT2D eigenvalue weighted by Gasteiger charge is -2.31. The molecule has 15 heavy (non-hydrogen) atoms. The number of carboxylic acids is 2. The van der Waals surface area contributed by atoms with Gasteiger partial charge in [0.15, 0.2) is 0 Å². The summed E-state index contributed by atoms with van der Waals surface area (Å²) in [6.07, 6.45) is 0.0417. The van der Waals surface area contributed by atoms with Gasteiger partial charge in [0.2, 0.25) is 0 Å². The molecule has 0 heterocycles. The minimum Gasteiger partial charge on any atom is -0.481 e. The van der Waals surface area contributed by atoms with Crippen molar-refractivity contribution in [1.29, 1.82) is 0 Å². The molecule has 0 amide bonds. The van der Waals surface area contributed by atoms with Crippen LogP contribution in [-0.2, 0) is 9.59 Å². The average Bonchev–Trinajstić information content (AvgIpc) is 2.19. The Hall–Kier alpha value is -1.23. The molecule has 0 aliphatic heterocycles. The van der Waals surface area contributed by atoms with E-state index >= 15 is 0 Å². The maximum atomic E-state index is 10.4. The highest BCUT2D eigenvalue weighted by atomic mass is 32.3. The molecule has 0 aliphatic rings. The molecule has 0 aromatic rings. The van der Waals surface area contributed by atoms with Crippen LogP contribution in [0.15, 0.2) is 24.0 Å². The van der Waals surface area contributed by atoms with Gasteiger partial charge in [-0.1, -0.05) is 24.0 Å². The zero-order valence-corrected chi connectivity index (χ0v) is 9.33. The third-order valence-electron chi connectivity index (χ3n) is 2.06. The van der Waals surface area contributed by atoms with E-state index in [2.05, 4.69) is 13.2 Å². The Bertz CT molecular complexity index is 245. The Morgan fingerprint density at radius 1 is 1.00 bits per heavy atom. The molecular formula is C10H16O4S. The Morgan fingerprint density at radius 2 is 1.33 bits per heavy atom. The summed E-state index contributed by atoms with van der Waals surface area (Å²) >= 11 is 0. The van der Waals surface area contributed by atoms with Crippen molar-refractivity contribution < 1.29 is 19.8 Å². The number of rotatable bonds is 8. The van der Waals surface area contributed by atoms with Crippen LogP contribution in [0, 0.1) is 0 Å². The van der Waals surface area contributed by atoms with Gasteiger partial charge in [0.25, 0.3) is 0 Å². The van der Waals surface area contributed by atoms with Crippen LogP contribution >= 0.6 is 10.0 Å². The van der Waals surface area contributed by atoms with Crippen molar-refractivity contribution in [2.75, 3.05) is 11.5 Å². The van der Waals surface area contributed by atoms with Crippen molar-refractivity contribution in [3.8, 4) is 0 Å². The molecule has 0 aromatic carbocycles. The summed E-state index contributed by atoms with van der Waals surface area (Å²) in [5.74, 6) is -0.928. The average molecular weight is 232 g/mol. The monoisotopic (exact) mass is 232 g/mol. The molecule has 0 saturated heterocycles. The zero-order chi connectivity index (χ0) is 11.9. The number of aliphatic carboxylic acids is 2. The van der Waals surface area contributed by atoms with Gasteiger partial charge in [-0.05, 0) is 11.5 Å². The number of hydrogen-bond donors (Lipinski definition) is 2. The van der Waals surface area contributed by atoms with Crippen molar-refractivity contribution in [1.82, 2.24) is 0 Å². The molecule has 4 nitrogen and oxygen atoms in total. The summed E-state index contributed by atoms with van der Waals surface area (Å²) in [5, 5.41) is 20.5. The summed E-state index contributed by atoms with van der Waals surface area (Å²) in [7, 11) is -1.50. The van der Waals surface area contributed by atoms with E-state index in [0.29, 0.717) is 11.5 Å². The quantitative estimate of drug-likeness (QED) is 0.671. The van der Waals surface area contributed by atoms with Crippen LogP contribution in [0.4, 0.5) is 0 Å². The third-order valence-corrected chi connectivity index (χ3v) is 5.31. The summed E-state index contributed by atoms with van der Waals surface area (Å²) in [4.78, 5) is 20.9. The molecule has 0 unspecified atom stereocenters. The number of hydrogen-bond acceptors (Lipinski definition) is 2. The van der Waals surface area contributed by atoms with Gasteiger partial charge in [0, 0.05) is 0 Å². The molecule has 0 spiro atoms. The molecule has 0 aromatic heterocycles. The SMILES string of the molecule is C=CS(C=C)(CCC(=O)O)CCC(=O)O. The van der Waals surface area contributed by atoms with Crippen LogP contribution in [0.5, 0.6) is 0 Å². The second kappa shape index (κ2) is 6.29. The van der Waals surface area contributed by atoms with Crippen LogP contribution in [0.25, 0.3) is 0 Å². The molecule has 0 rings (SSSR count). The maximum Gasteiger partial charge on any atom is 0.304 e. The molecule has 2 N–H and O–H groups in total. The van der Waals surface area contributed by atoms with E-state index in [1.807, 2.05) is 0 Å². The van der Waals surface area contributed by atoms with Crippen molar-refractivity contribution in [3.63, 3.8) is 0 Å². The van der Waals surface area contributed by atoms with Crippen LogP contribution in [0.1, 0.15) is 12.8 Å². The molecule has 0 saturated carbocycles. The molecule has 0 bridgehead atoms. The van der Waals surface area contributed by atoms with Crippen molar-refractivity contribution in [2.45, 2.75) is 12.8 Å². The molecule has 0 radical (unpaired) electrons. The minimum atomic E-state index is -1.50. The standard InChI is InChI=1S/C10H16O4S/c1-3-15(4-2,7-5-9(11)12)8-6-10(13)14/h3-4H,1-2,5-8H2,(H,11,12)(H,13,14). The van der Waals surface area contributed by atoms with Crippen molar-refractivity contribution in [3.05, 3.63) is 24.0 Å². The minimum absolute atomic E-state index is 0.0208. The number of carboxylic acid groups (broad SMARTS) is 2. The highest BCUT2D eigenvalue weighted by Crippen LogP contribution is 2.51. The predicted molar refractivity (Wildman–Crippen MR) is 62.2 cm³/mol. The van der Waals surface area contributed by atoms with E-state index in [0.717, 1.165) is 0 Å². The fraction of sp³-hybridized carbons (Fsp3) is 0.400. The third kappa shape index (κ3) is 5.27. The van der Waals surface area contributed by atoms with Crippen LogP contribution in [0.3, 0.4) is 0 Å². The second-order valence-electron chi connectivity index (χ2n) is 3.04. The van der Waals surface area contributed by atoms with E-state index < -0.39 is 22.0 Å². The zero-order valence-electron chi connectivity index (χ0n) is 8.52. The molecule has 0 atom stereocenters. The first-order valence-electron chi connectivity index (χ1n) is 4.43. The predicted octanol–water partition coefficient (Wildman–Crippen LogP) is 2.03. The summed E-state index contributed by atoms with van der Waals surface area (Å²) < 4.78 is 0. The Labute approximate surface area is 90.6 Å². The Morgan fingerprint density at radius 3 is 1.53 bits per heavy atom. The van der Waals surface area contributed by atoms with Gasteiger partial charge >= 0.3 is 11.9 Å². The van der Waals surface area contributed by atoms with Gasteiger partial charge in [-0.25, -0.2) is 10.0 Å². The highest BCUT2D eigenvalue weighted by molar-refractivity contribution is 8.38. The Balaban J connectivity index is 4.42. The molecule has 5 heteroatoms. The topological polar surface area (TPSA) is 74.6 Å². The summed E-state index contributed by atoms with van der Waals surface area (Å²) in [5.41, 5.74) is 0. The fourth-order valence-corrected chi connectivity index (χ4v) is 3.17. The van der Waals surface area contributed by atoms with Gasteiger partial charge in [-0.2, -0.15) is 0 Å². The maximum absolute atomic E-state index is 10.4. The fourth-order valence-electron chi connectivity index (χ4n) is 1.06. The van der Waals surface area contributed by atoms with E-state index in [1.54, 1.807) is 10.8 Å². The van der Waals surface area contributed by atoms with Crippen LogP contribution in [-0.4, -0.2) is 33.7 Å². The first-order valence-corrected chi connectivity index (χ1v) is 6.53. The molecule has 86 valence electrons. The van der Waals surface area contributed by atoms with E-state index in [-0.39, 0.29) is 12.8 Å². The van der Waals surface area contributed by atoms with E-state index in [4.69, 9.17) is 10.2 Å². The second-order valence-corrected chi connectivity index (χ2v) is 6.53. The lowest BCUT2D eigenvalue weighted by atomic mass is 10.5. The number of carbonyl (C=O) groups is 2. The lowest BCUT2D eigenvalue weighted by Crippen LogP contribution is -2.11. The summed E-state index contributed by atoms with van der Waals surface area (Å²) in [6.45, 7) is 7.28. The van der Waals surface area contributed by atoms with Crippen LogP contribution < -0.4 is 0 Å². The molecule has 0 aliphatic carbocycles. The lowest BCUT2D eigenvalue weighted by molar-refractivity contribution is -0.137. The van der Waals surface area contributed by atoms with Gasteiger partial charge < -0.3 is 10.2 Å².